The van der Waals surface area contributed by atoms with E-state index in [2.05, 4.69) is 6.07 Å². The lowest BCUT2D eigenvalue weighted by molar-refractivity contribution is -0.128. The van der Waals surface area contributed by atoms with E-state index in [0.717, 1.165) is 11.1 Å². The molecule has 1 aliphatic rings. The summed E-state index contributed by atoms with van der Waals surface area (Å²) in [5.41, 5.74) is 8.72. The van der Waals surface area contributed by atoms with Crippen LogP contribution < -0.4 is 24.7 Å². The molecule has 3 aromatic rings. The highest BCUT2D eigenvalue weighted by Crippen LogP contribution is 2.45. The summed E-state index contributed by atoms with van der Waals surface area (Å²) in [7, 11) is 3.10. The van der Waals surface area contributed by atoms with Crippen LogP contribution in [0.15, 0.2) is 84.3 Å². The van der Waals surface area contributed by atoms with Gasteiger partial charge in [-0.25, -0.2) is 4.79 Å². The first-order chi connectivity index (χ1) is 16.5. The minimum absolute atomic E-state index is 0.0118. The number of hydrogen-bond acceptors (Lipinski definition) is 7. The van der Waals surface area contributed by atoms with E-state index in [-0.39, 0.29) is 11.5 Å². The molecule has 0 saturated carbocycles. The van der Waals surface area contributed by atoms with Crippen LogP contribution in [0.25, 0.3) is 6.08 Å². The number of carbonyl (C=O) groups excluding carboxylic acids is 1. The molecule has 1 heterocycles. The van der Waals surface area contributed by atoms with Crippen LogP contribution in [0.4, 0.5) is 0 Å². The zero-order valence-corrected chi connectivity index (χ0v) is 18.6. The Balaban J connectivity index is 1.64. The third kappa shape index (κ3) is 4.57. The lowest BCUT2D eigenvalue weighted by atomic mass is 9.83. The molecule has 3 aromatic carbocycles. The number of benzene rings is 3. The fourth-order valence-electron chi connectivity index (χ4n) is 3.75. The van der Waals surface area contributed by atoms with Crippen molar-refractivity contribution in [3.63, 3.8) is 0 Å². The second-order valence-corrected chi connectivity index (χ2v) is 7.40. The van der Waals surface area contributed by atoms with Gasteiger partial charge in [0.2, 0.25) is 5.88 Å². The van der Waals surface area contributed by atoms with Crippen molar-refractivity contribution in [2.75, 3.05) is 14.2 Å². The van der Waals surface area contributed by atoms with Crippen LogP contribution in [0.3, 0.4) is 0 Å². The standard InChI is InChI=1S/C27H22N2O5/c1-31-22-12-9-18(14-24(22)32-2)26-20-11-10-19(15-23(20)34-27(29)21(26)16-28)33-25(30)13-8-17-6-4-3-5-7-17/h3-15,26H,29H2,1-2H3. The summed E-state index contributed by atoms with van der Waals surface area (Å²) in [6.45, 7) is 0. The number of ether oxygens (including phenoxy) is 4. The van der Waals surface area contributed by atoms with Gasteiger partial charge < -0.3 is 24.7 Å². The summed E-state index contributed by atoms with van der Waals surface area (Å²) in [6.07, 6.45) is 3.02. The van der Waals surface area contributed by atoms with Crippen LogP contribution in [0.1, 0.15) is 22.6 Å². The second kappa shape index (κ2) is 9.84. The Morgan fingerprint density at radius 2 is 1.79 bits per heavy atom. The molecule has 1 atom stereocenters. The first-order valence-corrected chi connectivity index (χ1v) is 10.4. The number of nitrogens with two attached hydrogens (primary N) is 1. The smallest absolute Gasteiger partial charge is 0.336 e. The van der Waals surface area contributed by atoms with Crippen LogP contribution in [0.5, 0.6) is 23.0 Å². The van der Waals surface area contributed by atoms with Gasteiger partial charge in [-0.1, -0.05) is 42.5 Å². The molecule has 0 radical (unpaired) electrons. The Morgan fingerprint density at radius 3 is 2.50 bits per heavy atom. The van der Waals surface area contributed by atoms with Gasteiger partial charge in [0.1, 0.15) is 23.1 Å². The molecule has 0 amide bonds. The first-order valence-electron chi connectivity index (χ1n) is 10.4. The first kappa shape index (κ1) is 22.5. The van der Waals surface area contributed by atoms with Gasteiger partial charge in [-0.3, -0.25) is 0 Å². The number of esters is 1. The van der Waals surface area contributed by atoms with Crippen molar-refractivity contribution in [3.05, 3.63) is 101 Å². The van der Waals surface area contributed by atoms with Gasteiger partial charge in [0.15, 0.2) is 11.5 Å². The number of allylic oxidation sites excluding steroid dienone is 1. The summed E-state index contributed by atoms with van der Waals surface area (Å²) in [5.74, 6) is 0.754. The van der Waals surface area contributed by atoms with Gasteiger partial charge in [0.25, 0.3) is 0 Å². The van der Waals surface area contributed by atoms with Crippen LogP contribution >= 0.6 is 0 Å². The predicted molar refractivity (Wildman–Crippen MR) is 126 cm³/mol. The molecule has 0 bridgehead atoms. The third-order valence-electron chi connectivity index (χ3n) is 5.36. The van der Waals surface area contributed by atoms with Crippen molar-refractivity contribution in [1.29, 1.82) is 5.26 Å². The second-order valence-electron chi connectivity index (χ2n) is 7.40. The molecule has 0 aromatic heterocycles. The maximum Gasteiger partial charge on any atom is 0.336 e. The number of nitriles is 1. The van der Waals surface area contributed by atoms with E-state index >= 15 is 0 Å². The molecular formula is C27H22N2O5. The summed E-state index contributed by atoms with van der Waals surface area (Å²) < 4.78 is 21.9. The topological polar surface area (TPSA) is 104 Å². The Labute approximate surface area is 197 Å². The van der Waals surface area contributed by atoms with E-state index in [1.807, 2.05) is 36.4 Å². The van der Waals surface area contributed by atoms with Gasteiger partial charge in [-0.05, 0) is 35.4 Å². The Morgan fingerprint density at radius 1 is 1.03 bits per heavy atom. The van der Waals surface area contributed by atoms with Crippen LogP contribution in [0.2, 0.25) is 0 Å². The van der Waals surface area contributed by atoms with Gasteiger partial charge >= 0.3 is 5.97 Å². The minimum Gasteiger partial charge on any atom is -0.493 e. The zero-order valence-electron chi connectivity index (χ0n) is 18.6. The fourth-order valence-corrected chi connectivity index (χ4v) is 3.75. The van der Waals surface area contributed by atoms with E-state index in [1.165, 1.54) is 6.08 Å². The molecule has 1 unspecified atom stereocenters. The fraction of sp³-hybridized carbons (Fsp3) is 0.111. The van der Waals surface area contributed by atoms with Gasteiger partial charge in [0, 0.05) is 17.7 Å². The van der Waals surface area contributed by atoms with Crippen molar-refractivity contribution in [2.45, 2.75) is 5.92 Å². The number of methoxy groups -OCH3 is 2. The summed E-state index contributed by atoms with van der Waals surface area (Å²) in [5, 5.41) is 9.77. The molecule has 1 aliphatic heterocycles. The minimum atomic E-state index is -0.530. The SMILES string of the molecule is COc1ccc(C2C(C#N)=C(N)Oc3cc(OC(=O)C=Cc4ccccc4)ccc32)cc1OC. The molecule has 0 fully saturated rings. The highest BCUT2D eigenvalue weighted by atomic mass is 16.5. The Hall–Kier alpha value is -4.70. The molecule has 0 aliphatic carbocycles. The molecule has 7 heteroatoms. The molecule has 7 nitrogen and oxygen atoms in total. The normalized spacial score (nSPS) is 14.7. The van der Waals surface area contributed by atoms with Gasteiger partial charge in [0.05, 0.1) is 20.1 Å². The maximum absolute atomic E-state index is 12.3. The molecular weight excluding hydrogens is 432 g/mol. The van der Waals surface area contributed by atoms with E-state index in [9.17, 15) is 10.1 Å². The maximum atomic E-state index is 12.3. The number of hydrogen-bond donors (Lipinski definition) is 1. The predicted octanol–water partition coefficient (Wildman–Crippen LogP) is 4.54. The van der Waals surface area contributed by atoms with E-state index in [0.29, 0.717) is 28.6 Å². The number of rotatable bonds is 6. The van der Waals surface area contributed by atoms with Crippen molar-refractivity contribution >= 4 is 12.0 Å². The summed E-state index contributed by atoms with van der Waals surface area (Å²) in [4.78, 5) is 12.3. The zero-order chi connectivity index (χ0) is 24.1. The van der Waals surface area contributed by atoms with Crippen molar-refractivity contribution in [2.24, 2.45) is 5.73 Å². The molecule has 2 N–H and O–H groups in total. The molecule has 4 rings (SSSR count). The van der Waals surface area contributed by atoms with Gasteiger partial charge in [-0.2, -0.15) is 5.26 Å². The highest BCUT2D eigenvalue weighted by Gasteiger charge is 2.31. The van der Waals surface area contributed by atoms with Crippen molar-refractivity contribution in [3.8, 4) is 29.1 Å². The van der Waals surface area contributed by atoms with Crippen LogP contribution in [-0.4, -0.2) is 20.2 Å². The van der Waals surface area contributed by atoms with Crippen LogP contribution in [-0.2, 0) is 4.79 Å². The monoisotopic (exact) mass is 454 g/mol. The van der Waals surface area contributed by atoms with E-state index in [4.69, 9.17) is 24.7 Å². The number of carbonyl (C=O) groups is 1. The number of fused-ring (bicyclic) bond motifs is 1. The quantitative estimate of drug-likeness (QED) is 0.331. The van der Waals surface area contributed by atoms with Gasteiger partial charge in [-0.15, -0.1) is 0 Å². The molecule has 170 valence electrons. The van der Waals surface area contributed by atoms with Crippen LogP contribution in [0, 0.1) is 11.3 Å². The summed E-state index contributed by atoms with van der Waals surface area (Å²) in [6, 6.07) is 22.0. The molecule has 0 saturated heterocycles. The van der Waals surface area contributed by atoms with E-state index < -0.39 is 11.9 Å². The lowest BCUT2D eigenvalue weighted by Crippen LogP contribution is -2.21. The average Bonchev–Trinajstić information content (AvgIpc) is 2.86. The number of nitrogens with zero attached hydrogens (tertiary/aromatic N) is 1. The molecule has 0 spiro atoms. The van der Waals surface area contributed by atoms with Crippen molar-refractivity contribution < 1.29 is 23.7 Å². The highest BCUT2D eigenvalue weighted by molar-refractivity contribution is 5.88. The Kier molecular flexibility index (Phi) is 6.51. The van der Waals surface area contributed by atoms with Crippen molar-refractivity contribution in [1.82, 2.24) is 0 Å². The Bertz CT molecular complexity index is 1320. The largest absolute Gasteiger partial charge is 0.493 e. The lowest BCUT2D eigenvalue weighted by Gasteiger charge is -2.27. The average molecular weight is 454 g/mol. The van der Waals surface area contributed by atoms with E-state index in [1.54, 1.807) is 50.6 Å². The third-order valence-corrected chi connectivity index (χ3v) is 5.36. The summed E-state index contributed by atoms with van der Waals surface area (Å²) >= 11 is 0. The molecule has 34 heavy (non-hydrogen) atoms.